The van der Waals surface area contributed by atoms with Crippen molar-refractivity contribution in [3.05, 3.63) is 24.3 Å². The molecule has 1 aromatic carbocycles. The lowest BCUT2D eigenvalue weighted by atomic mass is 10.2. The SMILES string of the molecule is C[C@H](OC(=O)CN1C(=O)CCOc2ccccc21)C(=O)NC1CCCC1. The van der Waals surface area contributed by atoms with Gasteiger partial charge >= 0.3 is 5.97 Å². The number of para-hydroxylation sites is 2. The fourth-order valence-corrected chi connectivity index (χ4v) is 3.30. The third-order valence-electron chi connectivity index (χ3n) is 4.70. The number of fused-ring (bicyclic) bond motifs is 1. The fourth-order valence-electron chi connectivity index (χ4n) is 3.30. The molecule has 1 heterocycles. The summed E-state index contributed by atoms with van der Waals surface area (Å²) in [6.07, 6.45) is 3.43. The zero-order valence-corrected chi connectivity index (χ0v) is 14.9. The number of rotatable bonds is 5. The molecule has 1 aliphatic carbocycles. The lowest BCUT2D eigenvalue weighted by molar-refractivity contribution is -0.154. The van der Waals surface area contributed by atoms with E-state index in [1.54, 1.807) is 31.2 Å². The van der Waals surface area contributed by atoms with Crippen LogP contribution in [0.3, 0.4) is 0 Å². The summed E-state index contributed by atoms with van der Waals surface area (Å²) in [7, 11) is 0. The number of carbonyl (C=O) groups is 3. The third kappa shape index (κ3) is 4.33. The summed E-state index contributed by atoms with van der Waals surface area (Å²) in [5.74, 6) is -0.576. The molecule has 1 aliphatic heterocycles. The first-order chi connectivity index (χ1) is 12.5. The summed E-state index contributed by atoms with van der Waals surface area (Å²) < 4.78 is 10.8. The van der Waals surface area contributed by atoms with Crippen LogP contribution in [0.2, 0.25) is 0 Å². The smallest absolute Gasteiger partial charge is 0.326 e. The van der Waals surface area contributed by atoms with Crippen LogP contribution in [0.15, 0.2) is 24.3 Å². The summed E-state index contributed by atoms with van der Waals surface area (Å²) >= 11 is 0. The third-order valence-corrected chi connectivity index (χ3v) is 4.70. The second kappa shape index (κ2) is 8.21. The minimum Gasteiger partial charge on any atom is -0.491 e. The number of nitrogens with zero attached hydrogens (tertiary/aromatic N) is 1. The lowest BCUT2D eigenvalue weighted by Crippen LogP contribution is -2.43. The van der Waals surface area contributed by atoms with Crippen molar-refractivity contribution in [2.45, 2.75) is 51.2 Å². The predicted octanol–water partition coefficient (Wildman–Crippen LogP) is 1.79. The van der Waals surface area contributed by atoms with E-state index < -0.39 is 12.1 Å². The van der Waals surface area contributed by atoms with Gasteiger partial charge in [0.2, 0.25) is 5.91 Å². The molecule has 3 rings (SSSR count). The molecule has 140 valence electrons. The van der Waals surface area contributed by atoms with Crippen LogP contribution in [0, 0.1) is 0 Å². The predicted molar refractivity (Wildman–Crippen MR) is 94.9 cm³/mol. The van der Waals surface area contributed by atoms with E-state index in [1.165, 1.54) is 4.90 Å². The standard InChI is InChI=1S/C19H24N2O5/c1-13(19(24)20-14-6-2-3-7-14)26-18(23)12-21-15-8-4-5-9-16(15)25-11-10-17(21)22/h4-5,8-9,13-14H,2-3,6-7,10-12H2,1H3,(H,20,24)/t13-/m0/s1. The molecule has 2 aliphatic rings. The average Bonchev–Trinajstić information content (AvgIpc) is 3.07. The van der Waals surface area contributed by atoms with Gasteiger partial charge in [-0.25, -0.2) is 0 Å². The summed E-state index contributed by atoms with van der Waals surface area (Å²) in [5.41, 5.74) is 0.537. The largest absolute Gasteiger partial charge is 0.491 e. The molecule has 0 bridgehead atoms. The molecule has 0 saturated heterocycles. The molecule has 1 atom stereocenters. The quantitative estimate of drug-likeness (QED) is 0.809. The van der Waals surface area contributed by atoms with Crippen LogP contribution < -0.4 is 15.0 Å². The van der Waals surface area contributed by atoms with Crippen molar-refractivity contribution in [2.75, 3.05) is 18.1 Å². The first kappa shape index (κ1) is 18.2. The molecule has 1 N–H and O–H groups in total. The van der Waals surface area contributed by atoms with Gasteiger partial charge < -0.3 is 14.8 Å². The van der Waals surface area contributed by atoms with Crippen molar-refractivity contribution >= 4 is 23.5 Å². The van der Waals surface area contributed by atoms with E-state index in [0.29, 0.717) is 11.4 Å². The maximum absolute atomic E-state index is 12.3. The highest BCUT2D eigenvalue weighted by Gasteiger charge is 2.28. The number of carbonyl (C=O) groups excluding carboxylic acids is 3. The van der Waals surface area contributed by atoms with Gasteiger partial charge in [0.25, 0.3) is 5.91 Å². The second-order valence-corrected chi connectivity index (χ2v) is 6.67. The van der Waals surface area contributed by atoms with Gasteiger partial charge in [0.1, 0.15) is 12.3 Å². The fraction of sp³-hybridized carbons (Fsp3) is 0.526. The van der Waals surface area contributed by atoms with E-state index in [1.807, 2.05) is 0 Å². The normalized spacial score (nSPS) is 18.5. The highest BCUT2D eigenvalue weighted by molar-refractivity contribution is 5.99. The van der Waals surface area contributed by atoms with E-state index >= 15 is 0 Å². The number of esters is 1. The number of hydrogen-bond donors (Lipinski definition) is 1. The molecule has 7 nitrogen and oxygen atoms in total. The summed E-state index contributed by atoms with van der Waals surface area (Å²) in [6, 6.07) is 7.23. The molecule has 0 radical (unpaired) electrons. The van der Waals surface area contributed by atoms with Gasteiger partial charge in [-0.15, -0.1) is 0 Å². The average molecular weight is 360 g/mol. The zero-order valence-electron chi connectivity index (χ0n) is 14.9. The number of amides is 2. The number of benzene rings is 1. The van der Waals surface area contributed by atoms with Crippen LogP contribution in [0.5, 0.6) is 5.75 Å². The molecule has 1 saturated carbocycles. The van der Waals surface area contributed by atoms with E-state index in [9.17, 15) is 14.4 Å². The minimum atomic E-state index is -0.892. The highest BCUT2D eigenvalue weighted by Crippen LogP contribution is 2.30. The number of ether oxygens (including phenoxy) is 2. The summed E-state index contributed by atoms with van der Waals surface area (Å²) in [6.45, 7) is 1.56. The Morgan fingerprint density at radius 2 is 2.04 bits per heavy atom. The number of anilines is 1. The Bertz CT molecular complexity index is 684. The van der Waals surface area contributed by atoms with E-state index in [-0.39, 0.29) is 37.4 Å². The molecule has 0 aromatic heterocycles. The van der Waals surface area contributed by atoms with Crippen LogP contribution in [-0.2, 0) is 19.1 Å². The van der Waals surface area contributed by atoms with E-state index in [0.717, 1.165) is 25.7 Å². The van der Waals surface area contributed by atoms with Crippen molar-refractivity contribution < 1.29 is 23.9 Å². The van der Waals surface area contributed by atoms with Crippen LogP contribution in [0.1, 0.15) is 39.0 Å². The summed E-state index contributed by atoms with van der Waals surface area (Å²) in [4.78, 5) is 38.1. The number of nitrogens with one attached hydrogen (secondary N) is 1. The van der Waals surface area contributed by atoms with Crippen LogP contribution >= 0.6 is 0 Å². The Labute approximate surface area is 152 Å². The monoisotopic (exact) mass is 360 g/mol. The van der Waals surface area contributed by atoms with Crippen LogP contribution in [0.25, 0.3) is 0 Å². The molecule has 0 unspecified atom stereocenters. The first-order valence-corrected chi connectivity index (χ1v) is 9.06. The van der Waals surface area contributed by atoms with E-state index in [4.69, 9.17) is 9.47 Å². The molecule has 1 fully saturated rings. The van der Waals surface area contributed by atoms with Crippen molar-refractivity contribution in [2.24, 2.45) is 0 Å². The van der Waals surface area contributed by atoms with Gasteiger partial charge in [0, 0.05) is 6.04 Å². The Hall–Kier alpha value is -2.57. The molecule has 7 heteroatoms. The minimum absolute atomic E-state index is 0.167. The van der Waals surface area contributed by atoms with Gasteiger partial charge in [0.05, 0.1) is 18.7 Å². The Morgan fingerprint density at radius 1 is 1.31 bits per heavy atom. The van der Waals surface area contributed by atoms with Gasteiger partial charge in [-0.2, -0.15) is 0 Å². The van der Waals surface area contributed by atoms with Gasteiger partial charge in [-0.1, -0.05) is 25.0 Å². The van der Waals surface area contributed by atoms with Crippen molar-refractivity contribution in [1.82, 2.24) is 5.32 Å². The number of hydrogen-bond acceptors (Lipinski definition) is 5. The van der Waals surface area contributed by atoms with Gasteiger partial charge in [-0.3, -0.25) is 19.3 Å². The molecular weight excluding hydrogens is 336 g/mol. The highest BCUT2D eigenvalue weighted by atomic mass is 16.5. The topological polar surface area (TPSA) is 84.9 Å². The van der Waals surface area contributed by atoms with Crippen molar-refractivity contribution in [3.8, 4) is 5.75 Å². The molecule has 2 amide bonds. The van der Waals surface area contributed by atoms with Crippen molar-refractivity contribution in [1.29, 1.82) is 0 Å². The lowest BCUT2D eigenvalue weighted by Gasteiger charge is -2.22. The van der Waals surface area contributed by atoms with Crippen LogP contribution in [-0.4, -0.2) is 43.1 Å². The van der Waals surface area contributed by atoms with Gasteiger partial charge in [0.15, 0.2) is 6.10 Å². The zero-order chi connectivity index (χ0) is 18.5. The van der Waals surface area contributed by atoms with E-state index in [2.05, 4.69) is 5.32 Å². The molecule has 0 spiro atoms. The second-order valence-electron chi connectivity index (χ2n) is 6.67. The molecule has 1 aromatic rings. The maximum Gasteiger partial charge on any atom is 0.326 e. The van der Waals surface area contributed by atoms with Crippen molar-refractivity contribution in [3.63, 3.8) is 0 Å². The Balaban J connectivity index is 1.59. The van der Waals surface area contributed by atoms with Gasteiger partial charge in [-0.05, 0) is 31.9 Å². The Kier molecular flexibility index (Phi) is 5.75. The maximum atomic E-state index is 12.3. The first-order valence-electron chi connectivity index (χ1n) is 9.06. The molecular formula is C19H24N2O5. The molecule has 26 heavy (non-hydrogen) atoms. The van der Waals surface area contributed by atoms with Crippen LogP contribution in [0.4, 0.5) is 5.69 Å². The summed E-state index contributed by atoms with van der Waals surface area (Å²) in [5, 5.41) is 2.91. The Morgan fingerprint density at radius 3 is 2.81 bits per heavy atom.